The van der Waals surface area contributed by atoms with Crippen molar-refractivity contribution in [3.05, 3.63) is 0 Å². The molecule has 1 saturated carbocycles. The van der Waals surface area contributed by atoms with Gasteiger partial charge in [0.2, 0.25) is 5.91 Å². The molecular formula is C15H31N3O. The van der Waals surface area contributed by atoms with Crippen LogP contribution in [0.3, 0.4) is 0 Å². The normalized spacial score (nSPS) is 19.5. The molecule has 1 amide bonds. The van der Waals surface area contributed by atoms with Gasteiger partial charge in [0.05, 0.1) is 0 Å². The van der Waals surface area contributed by atoms with Crippen LogP contribution in [0, 0.1) is 0 Å². The lowest BCUT2D eigenvalue weighted by atomic mass is 9.93. The summed E-state index contributed by atoms with van der Waals surface area (Å²) in [5, 5.41) is 3.02. The molecule has 1 aliphatic carbocycles. The Labute approximate surface area is 118 Å². The minimum absolute atomic E-state index is 0.102. The number of carbonyl (C=O) groups excluding carboxylic acids is 1. The van der Waals surface area contributed by atoms with Crippen molar-refractivity contribution >= 4 is 5.91 Å². The Morgan fingerprint density at radius 1 is 1.32 bits per heavy atom. The summed E-state index contributed by atoms with van der Waals surface area (Å²) in [5.74, 6) is 0.102. The maximum absolute atomic E-state index is 12.0. The number of nitrogens with zero attached hydrogens (tertiary/aromatic N) is 1. The van der Waals surface area contributed by atoms with Gasteiger partial charge >= 0.3 is 0 Å². The molecule has 4 nitrogen and oxygen atoms in total. The number of nitrogens with two attached hydrogens (primary N) is 1. The van der Waals surface area contributed by atoms with Gasteiger partial charge in [-0.15, -0.1) is 0 Å². The summed E-state index contributed by atoms with van der Waals surface area (Å²) in [6, 6.07) is 0.759. The highest BCUT2D eigenvalue weighted by Crippen LogP contribution is 2.23. The Hall–Kier alpha value is -0.610. The molecule has 0 radical (unpaired) electrons. The molecule has 1 atom stereocenters. The van der Waals surface area contributed by atoms with Gasteiger partial charge in [-0.1, -0.05) is 19.3 Å². The molecule has 1 fully saturated rings. The van der Waals surface area contributed by atoms with Crippen LogP contribution in [0.5, 0.6) is 0 Å². The lowest BCUT2D eigenvalue weighted by Gasteiger charge is -2.37. The van der Waals surface area contributed by atoms with E-state index in [9.17, 15) is 4.79 Å². The summed E-state index contributed by atoms with van der Waals surface area (Å²) in [7, 11) is 2.12. The number of likely N-dealkylation sites (N-methyl/N-ethyl adjacent to an activating group) is 1. The van der Waals surface area contributed by atoms with Crippen molar-refractivity contribution in [1.82, 2.24) is 10.2 Å². The molecule has 0 heterocycles. The number of carbonyl (C=O) groups is 1. The third-order valence-electron chi connectivity index (χ3n) is 3.93. The zero-order chi connectivity index (χ0) is 14.5. The summed E-state index contributed by atoms with van der Waals surface area (Å²) >= 11 is 0. The van der Waals surface area contributed by atoms with E-state index >= 15 is 0 Å². The van der Waals surface area contributed by atoms with E-state index in [0.29, 0.717) is 19.0 Å². The summed E-state index contributed by atoms with van der Waals surface area (Å²) in [5.41, 5.74) is 5.70. The summed E-state index contributed by atoms with van der Waals surface area (Å²) in [4.78, 5) is 14.4. The van der Waals surface area contributed by atoms with Crippen LogP contribution in [-0.4, -0.2) is 42.0 Å². The van der Waals surface area contributed by atoms with Gasteiger partial charge in [-0.2, -0.15) is 0 Å². The first-order valence-corrected chi connectivity index (χ1v) is 7.56. The SMILES string of the molecule is CN(C1CCCCC1)C(CN)CC(=O)NC(C)(C)C. The lowest BCUT2D eigenvalue weighted by Crippen LogP contribution is -2.49. The molecule has 0 aromatic rings. The maximum Gasteiger partial charge on any atom is 0.222 e. The Morgan fingerprint density at radius 3 is 2.37 bits per heavy atom. The second kappa shape index (κ2) is 7.25. The number of rotatable bonds is 5. The highest BCUT2D eigenvalue weighted by atomic mass is 16.1. The Bertz CT molecular complexity index is 280. The predicted octanol–water partition coefficient (Wildman–Crippen LogP) is 1.88. The fraction of sp³-hybridized carbons (Fsp3) is 0.933. The zero-order valence-corrected chi connectivity index (χ0v) is 13.0. The summed E-state index contributed by atoms with van der Waals surface area (Å²) < 4.78 is 0. The van der Waals surface area contributed by atoms with Crippen molar-refractivity contribution in [2.75, 3.05) is 13.6 Å². The van der Waals surface area contributed by atoms with Crippen LogP contribution in [0.25, 0.3) is 0 Å². The molecule has 0 saturated heterocycles. The Kier molecular flexibility index (Phi) is 6.27. The fourth-order valence-corrected chi connectivity index (χ4v) is 2.86. The minimum Gasteiger partial charge on any atom is -0.351 e. The quantitative estimate of drug-likeness (QED) is 0.801. The van der Waals surface area contributed by atoms with Gasteiger partial charge in [0, 0.05) is 30.6 Å². The smallest absolute Gasteiger partial charge is 0.222 e. The second-order valence-electron chi connectivity index (χ2n) is 6.85. The molecule has 19 heavy (non-hydrogen) atoms. The third kappa shape index (κ3) is 5.91. The van der Waals surface area contributed by atoms with Crippen LogP contribution in [-0.2, 0) is 4.79 Å². The standard InChI is InChI=1S/C15H31N3O/c1-15(2,3)17-14(19)10-13(11-16)18(4)12-8-6-5-7-9-12/h12-13H,5-11,16H2,1-4H3,(H,17,19). The maximum atomic E-state index is 12.0. The number of hydrogen-bond donors (Lipinski definition) is 2. The van der Waals surface area contributed by atoms with Crippen LogP contribution >= 0.6 is 0 Å². The van der Waals surface area contributed by atoms with Crippen molar-refractivity contribution in [2.24, 2.45) is 5.73 Å². The van der Waals surface area contributed by atoms with Crippen molar-refractivity contribution in [1.29, 1.82) is 0 Å². The highest BCUT2D eigenvalue weighted by molar-refractivity contribution is 5.77. The van der Waals surface area contributed by atoms with E-state index < -0.39 is 0 Å². The van der Waals surface area contributed by atoms with Gasteiger partial charge in [0.15, 0.2) is 0 Å². The monoisotopic (exact) mass is 269 g/mol. The first kappa shape index (κ1) is 16.4. The van der Waals surface area contributed by atoms with Gasteiger partial charge in [-0.3, -0.25) is 9.69 Å². The van der Waals surface area contributed by atoms with E-state index in [4.69, 9.17) is 5.73 Å². The topological polar surface area (TPSA) is 58.4 Å². The van der Waals surface area contributed by atoms with E-state index in [0.717, 1.165) is 0 Å². The van der Waals surface area contributed by atoms with E-state index in [2.05, 4.69) is 17.3 Å². The minimum atomic E-state index is -0.167. The average molecular weight is 269 g/mol. The largest absolute Gasteiger partial charge is 0.351 e. The molecular weight excluding hydrogens is 238 g/mol. The van der Waals surface area contributed by atoms with Crippen molar-refractivity contribution < 1.29 is 4.79 Å². The van der Waals surface area contributed by atoms with E-state index in [-0.39, 0.29) is 17.5 Å². The van der Waals surface area contributed by atoms with Crippen LogP contribution in [0.15, 0.2) is 0 Å². The molecule has 4 heteroatoms. The van der Waals surface area contributed by atoms with Crippen LogP contribution < -0.4 is 11.1 Å². The first-order valence-electron chi connectivity index (χ1n) is 7.56. The molecule has 3 N–H and O–H groups in total. The van der Waals surface area contributed by atoms with Gasteiger partial charge in [-0.05, 0) is 40.7 Å². The Balaban J connectivity index is 2.49. The second-order valence-corrected chi connectivity index (χ2v) is 6.85. The number of amides is 1. The summed E-state index contributed by atoms with van der Waals surface area (Å²) in [6.45, 7) is 6.57. The fourth-order valence-electron chi connectivity index (χ4n) is 2.86. The molecule has 0 spiro atoms. The van der Waals surface area contributed by atoms with Gasteiger partial charge in [-0.25, -0.2) is 0 Å². The van der Waals surface area contributed by atoms with Gasteiger partial charge in [0.25, 0.3) is 0 Å². The number of nitrogens with one attached hydrogen (secondary N) is 1. The molecule has 0 bridgehead atoms. The van der Waals surface area contributed by atoms with E-state index in [1.807, 2.05) is 20.8 Å². The summed E-state index contributed by atoms with van der Waals surface area (Å²) in [6.07, 6.45) is 6.95. The van der Waals surface area contributed by atoms with Gasteiger partial charge in [0.1, 0.15) is 0 Å². The first-order chi connectivity index (χ1) is 8.83. The Morgan fingerprint density at radius 2 is 1.89 bits per heavy atom. The van der Waals surface area contributed by atoms with Crippen LogP contribution in [0.2, 0.25) is 0 Å². The van der Waals surface area contributed by atoms with Crippen molar-refractivity contribution in [3.8, 4) is 0 Å². The highest BCUT2D eigenvalue weighted by Gasteiger charge is 2.26. The van der Waals surface area contributed by atoms with E-state index in [1.165, 1.54) is 32.1 Å². The molecule has 1 rings (SSSR count). The molecule has 112 valence electrons. The van der Waals surface area contributed by atoms with Crippen LogP contribution in [0.4, 0.5) is 0 Å². The molecule has 0 aliphatic heterocycles. The molecule has 1 unspecified atom stereocenters. The lowest BCUT2D eigenvalue weighted by molar-refractivity contribution is -0.123. The molecule has 0 aromatic carbocycles. The molecule has 1 aliphatic rings. The van der Waals surface area contributed by atoms with Crippen LogP contribution in [0.1, 0.15) is 59.3 Å². The molecule has 0 aromatic heterocycles. The average Bonchev–Trinajstić information content (AvgIpc) is 2.34. The van der Waals surface area contributed by atoms with Crippen molar-refractivity contribution in [2.45, 2.75) is 76.9 Å². The number of hydrogen-bond acceptors (Lipinski definition) is 3. The third-order valence-corrected chi connectivity index (χ3v) is 3.93. The van der Waals surface area contributed by atoms with Gasteiger partial charge < -0.3 is 11.1 Å². The predicted molar refractivity (Wildman–Crippen MR) is 80.0 cm³/mol. The zero-order valence-electron chi connectivity index (χ0n) is 13.0. The van der Waals surface area contributed by atoms with E-state index in [1.54, 1.807) is 0 Å². The van der Waals surface area contributed by atoms with Crippen molar-refractivity contribution in [3.63, 3.8) is 0 Å².